The Morgan fingerprint density at radius 2 is 2.42 bits per heavy atom. The topological polar surface area (TPSA) is 42.2 Å². The Balaban J connectivity index is 2.19. The van der Waals surface area contributed by atoms with E-state index in [0.29, 0.717) is 13.0 Å². The molecule has 12 heavy (non-hydrogen) atoms. The summed E-state index contributed by atoms with van der Waals surface area (Å²) in [7, 11) is 0. The van der Waals surface area contributed by atoms with Gasteiger partial charge in [0.25, 0.3) is 0 Å². The summed E-state index contributed by atoms with van der Waals surface area (Å²) in [4.78, 5) is 9.89. The molecule has 0 atom stereocenters. The quantitative estimate of drug-likeness (QED) is 0.530. The first-order chi connectivity index (χ1) is 5.83. The van der Waals surface area contributed by atoms with Crippen molar-refractivity contribution in [1.29, 1.82) is 0 Å². The molecule has 1 N–H and O–H groups in total. The highest BCUT2D eigenvalue weighted by atomic mass is 16.3. The van der Waals surface area contributed by atoms with Gasteiger partial charge in [0, 0.05) is 13.0 Å². The second-order valence-corrected chi connectivity index (χ2v) is 2.69. The summed E-state index contributed by atoms with van der Waals surface area (Å²) in [6.45, 7) is 2.64. The third kappa shape index (κ3) is 2.78. The average molecular weight is 167 g/mol. The van der Waals surface area contributed by atoms with E-state index in [-0.39, 0.29) is 0 Å². The largest absolute Gasteiger partial charge is 0.466 e. The van der Waals surface area contributed by atoms with Crippen molar-refractivity contribution in [3.8, 4) is 0 Å². The van der Waals surface area contributed by atoms with Crippen LogP contribution in [0.5, 0.6) is 0 Å². The zero-order chi connectivity index (χ0) is 8.81. The van der Waals surface area contributed by atoms with Crippen LogP contribution in [0.4, 0.5) is 0 Å². The number of nitrogens with one attached hydrogen (secondary N) is 1. The molecule has 0 spiro atoms. The summed E-state index contributed by atoms with van der Waals surface area (Å²) in [6, 6.07) is 3.92. The lowest BCUT2D eigenvalue weighted by Gasteiger charge is -1.96. The van der Waals surface area contributed by atoms with Crippen LogP contribution in [0, 0.1) is 6.92 Å². The second kappa shape index (κ2) is 4.59. The molecule has 0 saturated heterocycles. The lowest BCUT2D eigenvalue weighted by Crippen LogP contribution is -2.12. The van der Waals surface area contributed by atoms with Gasteiger partial charge in [-0.3, -0.25) is 4.79 Å². The highest BCUT2D eigenvalue weighted by Crippen LogP contribution is 2.07. The third-order valence-electron chi connectivity index (χ3n) is 1.62. The van der Waals surface area contributed by atoms with E-state index in [1.165, 1.54) is 0 Å². The summed E-state index contributed by atoms with van der Waals surface area (Å²) in [6.07, 6.45) is 2.52. The van der Waals surface area contributed by atoms with Gasteiger partial charge in [-0.05, 0) is 25.5 Å². The molecule has 0 aliphatic heterocycles. The van der Waals surface area contributed by atoms with Crippen molar-refractivity contribution >= 4 is 6.41 Å². The van der Waals surface area contributed by atoms with Gasteiger partial charge in [-0.2, -0.15) is 0 Å². The van der Waals surface area contributed by atoms with Gasteiger partial charge >= 0.3 is 0 Å². The lowest BCUT2D eigenvalue weighted by molar-refractivity contribution is -0.109. The van der Waals surface area contributed by atoms with Crippen LogP contribution in [0.2, 0.25) is 0 Å². The summed E-state index contributed by atoms with van der Waals surface area (Å²) < 4.78 is 5.35. The molecular formula is C9H13NO2. The van der Waals surface area contributed by atoms with Gasteiger partial charge in [0.15, 0.2) is 0 Å². The predicted octanol–water partition coefficient (Wildman–Crippen LogP) is 1.27. The number of hydrogen-bond acceptors (Lipinski definition) is 2. The molecule has 66 valence electrons. The Morgan fingerprint density at radius 3 is 3.00 bits per heavy atom. The van der Waals surface area contributed by atoms with Crippen molar-refractivity contribution in [3.05, 3.63) is 23.7 Å². The van der Waals surface area contributed by atoms with Crippen LogP contribution in [0.1, 0.15) is 17.9 Å². The Labute approximate surface area is 71.8 Å². The first kappa shape index (κ1) is 8.84. The average Bonchev–Trinajstić information content (AvgIpc) is 2.45. The van der Waals surface area contributed by atoms with E-state index in [1.807, 2.05) is 19.1 Å². The van der Waals surface area contributed by atoms with E-state index in [1.54, 1.807) is 0 Å². The van der Waals surface area contributed by atoms with Crippen LogP contribution in [-0.4, -0.2) is 13.0 Å². The monoisotopic (exact) mass is 167 g/mol. The number of rotatable bonds is 5. The van der Waals surface area contributed by atoms with E-state index in [2.05, 4.69) is 5.32 Å². The normalized spacial score (nSPS) is 9.75. The number of furan rings is 1. The molecule has 1 aromatic heterocycles. The van der Waals surface area contributed by atoms with Gasteiger partial charge in [0.2, 0.25) is 6.41 Å². The minimum Gasteiger partial charge on any atom is -0.466 e. The third-order valence-corrected chi connectivity index (χ3v) is 1.62. The van der Waals surface area contributed by atoms with E-state index in [9.17, 15) is 4.79 Å². The van der Waals surface area contributed by atoms with Crippen molar-refractivity contribution in [2.45, 2.75) is 19.8 Å². The van der Waals surface area contributed by atoms with Gasteiger partial charge < -0.3 is 9.73 Å². The molecule has 1 amide bonds. The Hall–Kier alpha value is -1.25. The van der Waals surface area contributed by atoms with Crippen LogP contribution in [0.25, 0.3) is 0 Å². The van der Waals surface area contributed by atoms with Crippen LogP contribution in [-0.2, 0) is 11.2 Å². The number of aryl methyl sites for hydroxylation is 2. The predicted molar refractivity (Wildman–Crippen MR) is 45.8 cm³/mol. The van der Waals surface area contributed by atoms with Crippen LogP contribution >= 0.6 is 0 Å². The summed E-state index contributed by atoms with van der Waals surface area (Å²) in [5.41, 5.74) is 0. The summed E-state index contributed by atoms with van der Waals surface area (Å²) >= 11 is 0. The highest BCUT2D eigenvalue weighted by Gasteiger charge is 1.96. The van der Waals surface area contributed by atoms with Crippen LogP contribution in [0.3, 0.4) is 0 Å². The molecule has 0 radical (unpaired) electrons. The minimum absolute atomic E-state index is 0.712. The molecule has 0 fully saturated rings. The number of hydrogen-bond donors (Lipinski definition) is 1. The molecule has 3 heteroatoms. The maximum atomic E-state index is 9.89. The van der Waals surface area contributed by atoms with Crippen LogP contribution < -0.4 is 5.32 Å². The fourth-order valence-electron chi connectivity index (χ4n) is 1.04. The molecule has 3 nitrogen and oxygen atoms in total. The fraction of sp³-hybridized carbons (Fsp3) is 0.444. The van der Waals surface area contributed by atoms with Crippen LogP contribution in [0.15, 0.2) is 16.5 Å². The van der Waals surface area contributed by atoms with Gasteiger partial charge in [-0.25, -0.2) is 0 Å². The van der Waals surface area contributed by atoms with Gasteiger partial charge in [0.05, 0.1) is 0 Å². The maximum Gasteiger partial charge on any atom is 0.207 e. The zero-order valence-electron chi connectivity index (χ0n) is 7.17. The fourth-order valence-corrected chi connectivity index (χ4v) is 1.04. The van der Waals surface area contributed by atoms with Gasteiger partial charge in [-0.15, -0.1) is 0 Å². The molecular weight excluding hydrogens is 154 g/mol. The first-order valence-corrected chi connectivity index (χ1v) is 4.05. The summed E-state index contributed by atoms with van der Waals surface area (Å²) in [5.74, 6) is 1.92. The highest BCUT2D eigenvalue weighted by molar-refractivity contribution is 5.45. The molecule has 0 saturated carbocycles. The van der Waals surface area contributed by atoms with Crippen molar-refractivity contribution in [1.82, 2.24) is 5.32 Å². The lowest BCUT2D eigenvalue weighted by atomic mass is 10.2. The van der Waals surface area contributed by atoms with E-state index < -0.39 is 0 Å². The smallest absolute Gasteiger partial charge is 0.207 e. The van der Waals surface area contributed by atoms with Crippen molar-refractivity contribution in [3.63, 3.8) is 0 Å². The molecule has 1 rings (SSSR count). The summed E-state index contributed by atoms with van der Waals surface area (Å²) in [5, 5.41) is 2.60. The van der Waals surface area contributed by atoms with Gasteiger partial charge in [-0.1, -0.05) is 0 Å². The van der Waals surface area contributed by atoms with E-state index >= 15 is 0 Å². The SMILES string of the molecule is Cc1ccc(CCCNC=O)o1. The van der Waals surface area contributed by atoms with Gasteiger partial charge in [0.1, 0.15) is 11.5 Å². The standard InChI is InChI=1S/C9H13NO2/c1-8-4-5-9(12-8)3-2-6-10-7-11/h4-5,7H,2-3,6H2,1H3,(H,10,11). The molecule has 1 heterocycles. The minimum atomic E-state index is 0.712. The maximum absolute atomic E-state index is 9.89. The Bertz CT molecular complexity index is 242. The Kier molecular flexibility index (Phi) is 3.38. The molecule has 1 aromatic rings. The van der Waals surface area contributed by atoms with E-state index in [4.69, 9.17) is 4.42 Å². The Morgan fingerprint density at radius 1 is 1.58 bits per heavy atom. The molecule has 0 aliphatic carbocycles. The number of amides is 1. The number of carbonyl (C=O) groups excluding carboxylic acids is 1. The van der Waals surface area contributed by atoms with Crippen molar-refractivity contribution in [2.24, 2.45) is 0 Å². The molecule has 0 aromatic carbocycles. The first-order valence-electron chi connectivity index (χ1n) is 4.05. The molecule has 0 aliphatic rings. The molecule has 0 bridgehead atoms. The molecule has 0 unspecified atom stereocenters. The zero-order valence-corrected chi connectivity index (χ0v) is 7.17. The second-order valence-electron chi connectivity index (χ2n) is 2.69. The van der Waals surface area contributed by atoms with Crippen molar-refractivity contribution < 1.29 is 9.21 Å². The van der Waals surface area contributed by atoms with Crippen molar-refractivity contribution in [2.75, 3.05) is 6.54 Å². The van der Waals surface area contributed by atoms with E-state index in [0.717, 1.165) is 24.4 Å². The number of carbonyl (C=O) groups is 1.